The van der Waals surface area contributed by atoms with Crippen molar-refractivity contribution in [3.8, 4) is 0 Å². The normalized spacial score (nSPS) is 12.9. The maximum atomic E-state index is 12.4. The zero-order valence-electron chi connectivity index (χ0n) is 50.3. The Labute approximate surface area is 467 Å². The second-order valence-electron chi connectivity index (χ2n) is 22.8. The lowest BCUT2D eigenvalue weighted by Gasteiger charge is -2.22. The molecule has 440 valence electrons. The molecule has 0 aliphatic heterocycles. The van der Waals surface area contributed by atoms with E-state index in [1.54, 1.807) is 0 Å². The number of carbonyl (C=O) groups is 2. The molecule has 0 bridgehead atoms. The van der Waals surface area contributed by atoms with Crippen molar-refractivity contribution in [1.29, 1.82) is 0 Å². The predicted molar refractivity (Wildman–Crippen MR) is 329 cm³/mol. The number of esters is 1. The molecule has 1 amide bonds. The molecule has 0 radical (unpaired) electrons. The van der Waals surface area contributed by atoms with Crippen molar-refractivity contribution in [3.05, 3.63) is 48.6 Å². The van der Waals surface area contributed by atoms with Gasteiger partial charge < -0.3 is 20.3 Å². The minimum atomic E-state index is -0.663. The SMILES string of the molecule is CCCCC/C=C\C/C=C\CCCCCCCCCCCC(=O)OCCCCCCCCCCC/C=C\C/C=C\CCCCCCCCCCCCCCCC(=O)NC(CO)C(O)CCCCCCCCCCCC. The van der Waals surface area contributed by atoms with Crippen LogP contribution in [0.4, 0.5) is 0 Å². The number of aliphatic hydroxyl groups excluding tert-OH is 2. The van der Waals surface area contributed by atoms with Crippen molar-refractivity contribution in [1.82, 2.24) is 5.32 Å². The smallest absolute Gasteiger partial charge is 0.305 e. The molecule has 2 unspecified atom stereocenters. The Morgan fingerprint density at radius 2 is 0.667 bits per heavy atom. The predicted octanol–water partition coefficient (Wildman–Crippen LogP) is 21.3. The molecule has 0 saturated heterocycles. The van der Waals surface area contributed by atoms with E-state index in [2.05, 4.69) is 67.8 Å². The Kier molecular flexibility index (Phi) is 62.5. The second kappa shape index (κ2) is 64.3. The van der Waals surface area contributed by atoms with Crippen molar-refractivity contribution >= 4 is 11.9 Å². The molecule has 6 nitrogen and oxygen atoms in total. The molecule has 3 N–H and O–H groups in total. The van der Waals surface area contributed by atoms with E-state index in [9.17, 15) is 19.8 Å². The van der Waals surface area contributed by atoms with E-state index in [0.29, 0.717) is 25.9 Å². The van der Waals surface area contributed by atoms with Crippen LogP contribution in [0.3, 0.4) is 0 Å². The van der Waals surface area contributed by atoms with E-state index in [-0.39, 0.29) is 18.5 Å². The van der Waals surface area contributed by atoms with Crippen LogP contribution in [-0.4, -0.2) is 47.4 Å². The van der Waals surface area contributed by atoms with Crippen LogP contribution in [0.15, 0.2) is 48.6 Å². The number of allylic oxidation sites excluding steroid dienone is 8. The molecular formula is C69H129NO5. The van der Waals surface area contributed by atoms with Crippen molar-refractivity contribution in [3.63, 3.8) is 0 Å². The van der Waals surface area contributed by atoms with Gasteiger partial charge in [-0.15, -0.1) is 0 Å². The first-order valence-corrected chi connectivity index (χ1v) is 33.4. The summed E-state index contributed by atoms with van der Waals surface area (Å²) in [6.45, 7) is 4.92. The van der Waals surface area contributed by atoms with Gasteiger partial charge in [0.1, 0.15) is 0 Å². The molecular weight excluding hydrogens is 923 g/mol. The molecule has 2 atom stereocenters. The van der Waals surface area contributed by atoms with E-state index in [1.165, 1.54) is 263 Å². The minimum absolute atomic E-state index is 0.00811. The van der Waals surface area contributed by atoms with E-state index >= 15 is 0 Å². The maximum Gasteiger partial charge on any atom is 0.305 e. The summed E-state index contributed by atoms with van der Waals surface area (Å²) >= 11 is 0. The largest absolute Gasteiger partial charge is 0.466 e. The third-order valence-electron chi connectivity index (χ3n) is 15.4. The lowest BCUT2D eigenvalue weighted by molar-refractivity contribution is -0.143. The van der Waals surface area contributed by atoms with Gasteiger partial charge >= 0.3 is 5.97 Å². The van der Waals surface area contributed by atoms with Gasteiger partial charge in [0, 0.05) is 12.8 Å². The summed E-state index contributed by atoms with van der Waals surface area (Å²) in [5.74, 6) is -0.0290. The summed E-state index contributed by atoms with van der Waals surface area (Å²) in [5, 5.41) is 23.2. The van der Waals surface area contributed by atoms with Gasteiger partial charge in [0.05, 0.1) is 25.4 Å². The van der Waals surface area contributed by atoms with Crippen LogP contribution >= 0.6 is 0 Å². The molecule has 0 aromatic heterocycles. The van der Waals surface area contributed by atoms with E-state index in [1.807, 2.05) is 0 Å². The highest BCUT2D eigenvalue weighted by atomic mass is 16.5. The van der Waals surface area contributed by atoms with Gasteiger partial charge in [-0.25, -0.2) is 0 Å². The van der Waals surface area contributed by atoms with Gasteiger partial charge in [-0.1, -0.05) is 300 Å². The Morgan fingerprint density at radius 1 is 0.373 bits per heavy atom. The number of hydrogen-bond acceptors (Lipinski definition) is 5. The van der Waals surface area contributed by atoms with E-state index in [0.717, 1.165) is 57.8 Å². The summed E-state index contributed by atoms with van der Waals surface area (Å²) in [7, 11) is 0. The van der Waals surface area contributed by atoms with Crippen molar-refractivity contribution in [2.24, 2.45) is 0 Å². The van der Waals surface area contributed by atoms with Crippen molar-refractivity contribution < 1.29 is 24.5 Å². The van der Waals surface area contributed by atoms with Crippen molar-refractivity contribution in [2.75, 3.05) is 13.2 Å². The second-order valence-corrected chi connectivity index (χ2v) is 22.8. The zero-order chi connectivity index (χ0) is 54.3. The monoisotopic (exact) mass is 1050 g/mol. The fourth-order valence-electron chi connectivity index (χ4n) is 10.2. The van der Waals surface area contributed by atoms with Gasteiger partial charge in [0.15, 0.2) is 0 Å². The number of rotatable bonds is 62. The molecule has 6 heteroatoms. The molecule has 0 fully saturated rings. The standard InChI is InChI=1S/C69H129NO5/c1-3-5-7-9-11-13-15-16-17-18-30-34-37-40-43-47-51-55-59-63-69(74)75-64-60-56-52-48-44-41-38-35-32-29-27-25-23-21-19-20-22-24-26-28-31-33-36-39-42-46-50-54-58-62-68(73)70-66(65-71)67(72)61-57-53-49-45-14-12-10-8-6-4-2/h11,13,16-17,19,21,25,27,66-67,71-72H,3-10,12,14-15,18,20,22-24,26,28-65H2,1-2H3,(H,70,73)/b13-11-,17-16-,21-19-,27-25-. The van der Waals surface area contributed by atoms with Gasteiger partial charge in [-0.3, -0.25) is 9.59 Å². The Balaban J connectivity index is 3.38. The topological polar surface area (TPSA) is 95.9 Å². The molecule has 0 aliphatic rings. The van der Waals surface area contributed by atoms with Crippen molar-refractivity contribution in [2.45, 2.75) is 366 Å². The molecule has 0 heterocycles. The van der Waals surface area contributed by atoms with Crippen LogP contribution in [-0.2, 0) is 14.3 Å². The van der Waals surface area contributed by atoms with Crippen LogP contribution in [0.2, 0.25) is 0 Å². The first kappa shape index (κ1) is 72.8. The summed E-state index contributed by atoms with van der Waals surface area (Å²) in [6, 6.07) is -0.541. The first-order valence-electron chi connectivity index (χ1n) is 33.4. The third kappa shape index (κ3) is 60.9. The highest BCUT2D eigenvalue weighted by Gasteiger charge is 2.20. The fourth-order valence-corrected chi connectivity index (χ4v) is 10.2. The zero-order valence-corrected chi connectivity index (χ0v) is 50.3. The summed E-state index contributed by atoms with van der Waals surface area (Å²) in [6.07, 6.45) is 82.9. The number of unbranched alkanes of at least 4 members (excludes halogenated alkanes) is 43. The van der Waals surface area contributed by atoms with E-state index in [4.69, 9.17) is 4.74 Å². The molecule has 75 heavy (non-hydrogen) atoms. The van der Waals surface area contributed by atoms with Gasteiger partial charge in [-0.2, -0.15) is 0 Å². The average Bonchev–Trinajstić information content (AvgIpc) is 3.41. The highest BCUT2D eigenvalue weighted by molar-refractivity contribution is 5.76. The van der Waals surface area contributed by atoms with Crippen LogP contribution < -0.4 is 5.32 Å². The number of nitrogens with one attached hydrogen (secondary N) is 1. The lowest BCUT2D eigenvalue weighted by atomic mass is 10.0. The Hall–Kier alpha value is -2.18. The van der Waals surface area contributed by atoms with Crippen LogP contribution in [0.25, 0.3) is 0 Å². The summed E-state index contributed by atoms with van der Waals surface area (Å²) < 4.78 is 5.50. The minimum Gasteiger partial charge on any atom is -0.466 e. The van der Waals surface area contributed by atoms with Gasteiger partial charge in [0.25, 0.3) is 0 Å². The maximum absolute atomic E-state index is 12.4. The highest BCUT2D eigenvalue weighted by Crippen LogP contribution is 2.17. The summed E-state index contributed by atoms with van der Waals surface area (Å²) in [5.41, 5.74) is 0. The number of hydrogen-bond donors (Lipinski definition) is 3. The van der Waals surface area contributed by atoms with E-state index < -0.39 is 12.1 Å². The first-order chi connectivity index (χ1) is 37.0. The number of amides is 1. The van der Waals surface area contributed by atoms with Gasteiger partial charge in [0.2, 0.25) is 5.91 Å². The Morgan fingerprint density at radius 3 is 1.04 bits per heavy atom. The van der Waals surface area contributed by atoms with Gasteiger partial charge in [-0.05, 0) is 89.9 Å². The summed E-state index contributed by atoms with van der Waals surface area (Å²) in [4.78, 5) is 24.5. The number of aliphatic hydroxyl groups is 2. The molecule has 0 saturated carbocycles. The number of ether oxygens (including phenoxy) is 1. The Bertz CT molecular complexity index is 1260. The average molecular weight is 1050 g/mol. The van der Waals surface area contributed by atoms with Crippen LogP contribution in [0.1, 0.15) is 354 Å². The van der Waals surface area contributed by atoms with Crippen LogP contribution in [0, 0.1) is 0 Å². The lowest BCUT2D eigenvalue weighted by Crippen LogP contribution is -2.45. The molecule has 0 aromatic carbocycles. The molecule has 0 spiro atoms. The fraction of sp³-hybridized carbons (Fsp3) is 0.855. The quantitative estimate of drug-likeness (QED) is 0.0320. The van der Waals surface area contributed by atoms with Crippen LogP contribution in [0.5, 0.6) is 0 Å². The molecule has 0 aromatic rings. The molecule has 0 rings (SSSR count). The number of carbonyl (C=O) groups excluding carboxylic acids is 2. The third-order valence-corrected chi connectivity index (χ3v) is 15.4. The molecule has 0 aliphatic carbocycles.